The van der Waals surface area contributed by atoms with Gasteiger partial charge in [0.05, 0.1) is 13.0 Å². The number of nitrogens with zero attached hydrogens (tertiary/aromatic N) is 1. The molecule has 2 saturated heterocycles. The minimum atomic E-state index is -0.489. The van der Waals surface area contributed by atoms with Crippen LogP contribution >= 0.6 is 0 Å². The van der Waals surface area contributed by atoms with Crippen molar-refractivity contribution in [2.75, 3.05) is 26.7 Å². The Kier molecular flexibility index (Phi) is 7.00. The lowest BCUT2D eigenvalue weighted by molar-refractivity contribution is -0.143. The second kappa shape index (κ2) is 10.4. The fourth-order valence-electron chi connectivity index (χ4n) is 8.36. The average molecular weight is 505 g/mol. The molecule has 5 heteroatoms. The van der Waals surface area contributed by atoms with E-state index >= 15 is 4.39 Å². The molecule has 1 saturated carbocycles. The van der Waals surface area contributed by atoms with Gasteiger partial charge in [-0.1, -0.05) is 49.6 Å². The van der Waals surface area contributed by atoms with Crippen molar-refractivity contribution >= 4 is 5.91 Å². The second-order valence-electron chi connectivity index (χ2n) is 11.9. The summed E-state index contributed by atoms with van der Waals surface area (Å²) < 4.78 is 21.2. The molecule has 4 unspecified atom stereocenters. The van der Waals surface area contributed by atoms with Gasteiger partial charge in [-0.05, 0) is 74.5 Å². The predicted molar refractivity (Wildman–Crippen MR) is 144 cm³/mol. The highest BCUT2D eigenvalue weighted by atomic mass is 19.1. The van der Waals surface area contributed by atoms with Crippen LogP contribution in [-0.4, -0.2) is 43.6 Å². The first-order valence-corrected chi connectivity index (χ1v) is 14.5. The first-order chi connectivity index (χ1) is 18.1. The van der Waals surface area contributed by atoms with Crippen LogP contribution in [-0.2, 0) is 16.6 Å². The molecule has 1 amide bonds. The van der Waals surface area contributed by atoms with Crippen molar-refractivity contribution < 1.29 is 13.9 Å². The fourth-order valence-corrected chi connectivity index (χ4v) is 8.36. The van der Waals surface area contributed by atoms with Crippen molar-refractivity contribution in [3.63, 3.8) is 0 Å². The molecule has 37 heavy (non-hydrogen) atoms. The molecular weight excluding hydrogens is 463 g/mol. The molecule has 6 rings (SSSR count). The highest BCUT2D eigenvalue weighted by Gasteiger charge is 2.54. The summed E-state index contributed by atoms with van der Waals surface area (Å²) in [4.78, 5) is 16.8. The Bertz CT molecular complexity index is 1120. The average Bonchev–Trinajstić information content (AvgIpc) is 3.37. The Labute approximate surface area is 221 Å². The summed E-state index contributed by atoms with van der Waals surface area (Å²) in [7, 11) is 1.66. The summed E-state index contributed by atoms with van der Waals surface area (Å²) in [6.45, 7) is 2.10. The third-order valence-electron chi connectivity index (χ3n) is 10.1. The largest absolute Gasteiger partial charge is 0.496 e. The Morgan fingerprint density at radius 1 is 1.05 bits per heavy atom. The number of carbonyl (C=O) groups excluding carboxylic acids is 1. The molecule has 2 aliphatic carbocycles. The summed E-state index contributed by atoms with van der Waals surface area (Å²) in [5.74, 6) is 1.69. The molecule has 2 aromatic carbocycles. The molecule has 4 atom stereocenters. The summed E-state index contributed by atoms with van der Waals surface area (Å²) in [5, 5.41) is 3.53. The third-order valence-corrected chi connectivity index (χ3v) is 10.1. The molecule has 3 fully saturated rings. The number of benzene rings is 2. The number of hydrogen-bond donors (Lipinski definition) is 1. The number of piperidine rings is 1. The van der Waals surface area contributed by atoms with E-state index in [0.29, 0.717) is 24.9 Å². The van der Waals surface area contributed by atoms with Gasteiger partial charge in [-0.2, -0.15) is 0 Å². The van der Waals surface area contributed by atoms with Crippen LogP contribution in [0.1, 0.15) is 80.4 Å². The Morgan fingerprint density at radius 2 is 1.86 bits per heavy atom. The van der Waals surface area contributed by atoms with Gasteiger partial charge >= 0.3 is 0 Å². The van der Waals surface area contributed by atoms with Gasteiger partial charge in [0.25, 0.3) is 0 Å². The smallest absolute Gasteiger partial charge is 0.228 e. The molecule has 2 aliphatic heterocycles. The quantitative estimate of drug-likeness (QED) is 0.557. The molecule has 2 heterocycles. The SMILES string of the molecule is COc1ccc(F)c2c1CCCC21CNCC1C(=O)N1CCC(c2ccccc2)CC1C1CCCCC1. The van der Waals surface area contributed by atoms with Gasteiger partial charge in [-0.15, -0.1) is 0 Å². The van der Waals surface area contributed by atoms with Crippen LogP contribution in [0.5, 0.6) is 5.75 Å². The zero-order valence-electron chi connectivity index (χ0n) is 22.2. The van der Waals surface area contributed by atoms with Crippen molar-refractivity contribution in [3.8, 4) is 5.75 Å². The topological polar surface area (TPSA) is 41.6 Å². The number of rotatable bonds is 4. The molecule has 0 bridgehead atoms. The highest BCUT2D eigenvalue weighted by Crippen LogP contribution is 2.50. The molecule has 0 radical (unpaired) electrons. The van der Waals surface area contributed by atoms with Crippen molar-refractivity contribution in [1.82, 2.24) is 10.2 Å². The van der Waals surface area contributed by atoms with Crippen molar-refractivity contribution in [3.05, 3.63) is 65.0 Å². The number of carbonyl (C=O) groups is 1. The zero-order chi connectivity index (χ0) is 25.4. The maximum absolute atomic E-state index is 15.6. The Hall–Kier alpha value is -2.40. The van der Waals surface area contributed by atoms with E-state index in [-0.39, 0.29) is 23.7 Å². The number of methoxy groups -OCH3 is 1. The standard InChI is InChI=1S/C32H41FN2O2/c1-37-29-15-14-27(33)30-25(29)13-8-17-32(30)21-34-20-26(32)31(36)35-18-16-24(22-9-4-2-5-10-22)19-28(35)23-11-6-3-7-12-23/h2,4-5,9-10,14-15,23-24,26,28,34H,3,6-8,11-13,16-21H2,1H3. The van der Waals surface area contributed by atoms with Crippen LogP contribution in [0.25, 0.3) is 0 Å². The van der Waals surface area contributed by atoms with Crippen LogP contribution in [0.4, 0.5) is 4.39 Å². The molecule has 0 aromatic heterocycles. The minimum Gasteiger partial charge on any atom is -0.496 e. The lowest BCUT2D eigenvalue weighted by atomic mass is 9.63. The maximum atomic E-state index is 15.6. The lowest BCUT2D eigenvalue weighted by Gasteiger charge is -2.48. The monoisotopic (exact) mass is 504 g/mol. The molecule has 4 aliphatic rings. The van der Waals surface area contributed by atoms with Gasteiger partial charge in [0.15, 0.2) is 0 Å². The van der Waals surface area contributed by atoms with Crippen molar-refractivity contribution in [2.24, 2.45) is 11.8 Å². The predicted octanol–water partition coefficient (Wildman–Crippen LogP) is 5.98. The van der Waals surface area contributed by atoms with E-state index in [9.17, 15) is 4.79 Å². The first kappa shape index (κ1) is 24.9. The van der Waals surface area contributed by atoms with E-state index < -0.39 is 5.41 Å². The number of ether oxygens (including phenoxy) is 1. The molecule has 198 valence electrons. The summed E-state index contributed by atoms with van der Waals surface area (Å²) in [6.07, 6.45) is 11.0. The van der Waals surface area contributed by atoms with Crippen LogP contribution in [0.15, 0.2) is 42.5 Å². The Morgan fingerprint density at radius 3 is 2.65 bits per heavy atom. The summed E-state index contributed by atoms with van der Waals surface area (Å²) in [6, 6.07) is 14.4. The van der Waals surface area contributed by atoms with Gasteiger partial charge < -0.3 is 15.0 Å². The molecule has 1 spiro atoms. The van der Waals surface area contributed by atoms with Crippen molar-refractivity contribution in [2.45, 2.75) is 81.6 Å². The van der Waals surface area contributed by atoms with E-state index in [1.165, 1.54) is 37.7 Å². The number of amides is 1. The van der Waals surface area contributed by atoms with Gasteiger partial charge in [-0.25, -0.2) is 4.39 Å². The normalized spacial score (nSPS) is 30.3. The fraction of sp³-hybridized carbons (Fsp3) is 0.594. The van der Waals surface area contributed by atoms with E-state index in [1.54, 1.807) is 19.2 Å². The molecule has 2 aromatic rings. The summed E-state index contributed by atoms with van der Waals surface area (Å²) in [5.41, 5.74) is 2.64. The first-order valence-electron chi connectivity index (χ1n) is 14.5. The van der Waals surface area contributed by atoms with Gasteiger partial charge in [0.1, 0.15) is 11.6 Å². The van der Waals surface area contributed by atoms with Gasteiger partial charge in [0.2, 0.25) is 5.91 Å². The van der Waals surface area contributed by atoms with E-state index in [4.69, 9.17) is 4.74 Å². The third kappa shape index (κ3) is 4.37. The Balaban J connectivity index is 1.33. The minimum absolute atomic E-state index is 0.177. The lowest BCUT2D eigenvalue weighted by Crippen LogP contribution is -2.55. The number of nitrogens with one attached hydrogen (secondary N) is 1. The van der Waals surface area contributed by atoms with E-state index in [2.05, 4.69) is 40.5 Å². The number of hydrogen-bond acceptors (Lipinski definition) is 3. The maximum Gasteiger partial charge on any atom is 0.228 e. The van der Waals surface area contributed by atoms with Crippen LogP contribution in [0.3, 0.4) is 0 Å². The van der Waals surface area contributed by atoms with Crippen molar-refractivity contribution in [1.29, 1.82) is 0 Å². The van der Waals surface area contributed by atoms with E-state index in [1.807, 2.05) is 0 Å². The molecular formula is C32H41FN2O2. The number of fused-ring (bicyclic) bond motifs is 2. The van der Waals surface area contributed by atoms with Gasteiger partial charge in [-0.3, -0.25) is 4.79 Å². The number of likely N-dealkylation sites (tertiary alicyclic amines) is 1. The van der Waals surface area contributed by atoms with Crippen LogP contribution in [0.2, 0.25) is 0 Å². The van der Waals surface area contributed by atoms with E-state index in [0.717, 1.165) is 55.5 Å². The van der Waals surface area contributed by atoms with Crippen LogP contribution in [0, 0.1) is 17.7 Å². The highest BCUT2D eigenvalue weighted by molar-refractivity contribution is 5.82. The molecule has 1 N–H and O–H groups in total. The van der Waals surface area contributed by atoms with Crippen LogP contribution < -0.4 is 10.1 Å². The second-order valence-corrected chi connectivity index (χ2v) is 11.9. The molecule has 4 nitrogen and oxygen atoms in total. The summed E-state index contributed by atoms with van der Waals surface area (Å²) >= 11 is 0. The zero-order valence-corrected chi connectivity index (χ0v) is 22.2. The van der Waals surface area contributed by atoms with Gasteiger partial charge in [0, 0.05) is 42.2 Å². The number of halogens is 1.